The molecule has 0 spiro atoms. The van der Waals surface area contributed by atoms with Crippen molar-refractivity contribution in [1.82, 2.24) is 0 Å². The van der Waals surface area contributed by atoms with Gasteiger partial charge in [-0.1, -0.05) is 0 Å². The molecule has 96 valence electrons. The monoisotopic (exact) mass is 256 g/mol. The van der Waals surface area contributed by atoms with Crippen molar-refractivity contribution in [2.24, 2.45) is 0 Å². The van der Waals surface area contributed by atoms with Gasteiger partial charge >= 0.3 is 0 Å². The minimum atomic E-state index is 0.0695. The third-order valence-corrected chi connectivity index (χ3v) is 3.07. The van der Waals surface area contributed by atoms with Crippen molar-refractivity contribution in [3.05, 3.63) is 53.9 Å². The van der Waals surface area contributed by atoms with Gasteiger partial charge in [0.25, 0.3) is 0 Å². The van der Waals surface area contributed by atoms with E-state index in [9.17, 15) is 4.79 Å². The van der Waals surface area contributed by atoms with Gasteiger partial charge in [0.2, 0.25) is 6.79 Å². The van der Waals surface area contributed by atoms with Gasteiger partial charge in [-0.2, -0.15) is 0 Å². The van der Waals surface area contributed by atoms with E-state index in [1.54, 1.807) is 6.92 Å². The highest BCUT2D eigenvalue weighted by molar-refractivity contribution is 5.93. The van der Waals surface area contributed by atoms with Crippen LogP contribution in [0.5, 0.6) is 11.5 Å². The highest BCUT2D eigenvalue weighted by atomic mass is 16.7. The first-order chi connectivity index (χ1) is 9.22. The first-order valence-electron chi connectivity index (χ1n) is 6.11. The Bertz CT molecular complexity index is 637. The van der Waals surface area contributed by atoms with E-state index < -0.39 is 0 Å². The molecule has 4 heteroatoms. The molecule has 1 aromatic carbocycles. The predicted octanol–water partition coefficient (Wildman–Crippen LogP) is 1.95. The van der Waals surface area contributed by atoms with Crippen molar-refractivity contribution >= 4 is 5.78 Å². The number of ketones is 1. The average molecular weight is 256 g/mol. The lowest BCUT2D eigenvalue weighted by atomic mass is 10.2. The Balaban J connectivity index is 1.85. The highest BCUT2D eigenvalue weighted by Crippen LogP contribution is 2.32. The van der Waals surface area contributed by atoms with Crippen molar-refractivity contribution < 1.29 is 18.8 Å². The van der Waals surface area contributed by atoms with E-state index in [-0.39, 0.29) is 12.6 Å². The summed E-state index contributed by atoms with van der Waals surface area (Å²) in [6.45, 7) is 2.55. The van der Waals surface area contributed by atoms with Crippen LogP contribution in [0.25, 0.3) is 0 Å². The highest BCUT2D eigenvalue weighted by Gasteiger charge is 2.15. The standard InChI is InChI=1S/C15H14NO3/c1-11(17)13-3-2-6-16(9-13)8-12-4-5-14-15(7-12)19-10-18-14/h2-7,9H,8,10H2,1H3/q+1. The molecule has 2 aromatic rings. The number of fused-ring (bicyclic) bond motifs is 1. The third-order valence-electron chi connectivity index (χ3n) is 3.07. The van der Waals surface area contributed by atoms with Gasteiger partial charge < -0.3 is 9.47 Å². The fourth-order valence-electron chi connectivity index (χ4n) is 2.08. The molecule has 0 amide bonds. The van der Waals surface area contributed by atoms with E-state index in [4.69, 9.17) is 9.47 Å². The number of pyridine rings is 1. The lowest BCUT2D eigenvalue weighted by Crippen LogP contribution is -2.34. The van der Waals surface area contributed by atoms with Gasteiger partial charge in [-0.3, -0.25) is 4.79 Å². The zero-order valence-electron chi connectivity index (χ0n) is 10.6. The van der Waals surface area contributed by atoms with Gasteiger partial charge in [0.1, 0.15) is 0 Å². The zero-order valence-corrected chi connectivity index (χ0v) is 10.6. The molecule has 1 aromatic heterocycles. The van der Waals surface area contributed by atoms with Crippen LogP contribution in [0.4, 0.5) is 0 Å². The van der Waals surface area contributed by atoms with Gasteiger partial charge in [-0.25, -0.2) is 4.57 Å². The summed E-state index contributed by atoms with van der Waals surface area (Å²) in [6.07, 6.45) is 3.80. The molecule has 2 heterocycles. The molecular weight excluding hydrogens is 242 g/mol. The quantitative estimate of drug-likeness (QED) is 0.622. The predicted molar refractivity (Wildman–Crippen MR) is 68.3 cm³/mol. The van der Waals surface area contributed by atoms with Crippen LogP contribution in [0.2, 0.25) is 0 Å². The van der Waals surface area contributed by atoms with Crippen LogP contribution in [0.3, 0.4) is 0 Å². The molecule has 0 bridgehead atoms. The van der Waals surface area contributed by atoms with Crippen molar-refractivity contribution in [3.63, 3.8) is 0 Å². The van der Waals surface area contributed by atoms with Crippen LogP contribution >= 0.6 is 0 Å². The fourth-order valence-corrected chi connectivity index (χ4v) is 2.08. The van der Waals surface area contributed by atoms with Crippen molar-refractivity contribution in [2.75, 3.05) is 6.79 Å². The molecule has 0 unspecified atom stereocenters. The molecular formula is C15H14NO3+. The minimum absolute atomic E-state index is 0.0695. The Hall–Kier alpha value is -2.36. The lowest BCUT2D eigenvalue weighted by Gasteiger charge is -2.01. The Morgan fingerprint density at radius 2 is 2.11 bits per heavy atom. The van der Waals surface area contributed by atoms with E-state index in [1.807, 2.05) is 47.3 Å². The maximum Gasteiger partial charge on any atom is 0.231 e. The van der Waals surface area contributed by atoms with Gasteiger partial charge in [0.05, 0.1) is 5.56 Å². The summed E-state index contributed by atoms with van der Waals surface area (Å²) in [4.78, 5) is 11.4. The number of rotatable bonds is 3. The molecule has 4 nitrogen and oxygen atoms in total. The number of carbonyl (C=O) groups excluding carboxylic acids is 1. The summed E-state index contributed by atoms with van der Waals surface area (Å²) in [5.74, 6) is 1.63. The molecule has 0 fully saturated rings. The normalized spacial score (nSPS) is 12.5. The number of nitrogens with zero attached hydrogens (tertiary/aromatic N) is 1. The van der Waals surface area contributed by atoms with Crippen molar-refractivity contribution in [1.29, 1.82) is 0 Å². The Kier molecular flexibility index (Phi) is 2.91. The molecule has 0 saturated carbocycles. The molecule has 0 N–H and O–H groups in total. The summed E-state index contributed by atoms with van der Waals surface area (Å²) in [5.41, 5.74) is 1.82. The van der Waals surface area contributed by atoms with E-state index in [0.717, 1.165) is 17.1 Å². The number of carbonyl (C=O) groups is 1. The molecule has 1 aliphatic rings. The molecule has 0 radical (unpaired) electrons. The smallest absolute Gasteiger partial charge is 0.231 e. The summed E-state index contributed by atoms with van der Waals surface area (Å²) >= 11 is 0. The summed E-state index contributed by atoms with van der Waals surface area (Å²) < 4.78 is 12.6. The van der Waals surface area contributed by atoms with Crippen LogP contribution in [0.1, 0.15) is 22.8 Å². The minimum Gasteiger partial charge on any atom is -0.454 e. The largest absolute Gasteiger partial charge is 0.454 e. The number of hydrogen-bond donors (Lipinski definition) is 0. The molecule has 19 heavy (non-hydrogen) atoms. The third kappa shape index (κ3) is 2.42. The van der Waals surface area contributed by atoms with Gasteiger partial charge in [-0.05, 0) is 31.2 Å². The van der Waals surface area contributed by atoms with Crippen LogP contribution in [-0.4, -0.2) is 12.6 Å². The maximum absolute atomic E-state index is 11.4. The fraction of sp³-hybridized carbons (Fsp3) is 0.200. The Morgan fingerprint density at radius 1 is 1.26 bits per heavy atom. The molecule has 0 atom stereocenters. The first kappa shape index (κ1) is 11.7. The van der Waals surface area contributed by atoms with Gasteiger partial charge in [0, 0.05) is 11.6 Å². The first-order valence-corrected chi connectivity index (χ1v) is 6.11. The number of benzene rings is 1. The molecule has 0 saturated heterocycles. The number of Topliss-reactive ketones (excluding diaryl/α,β-unsaturated/α-hetero) is 1. The van der Waals surface area contributed by atoms with E-state index >= 15 is 0 Å². The van der Waals surface area contributed by atoms with E-state index in [0.29, 0.717) is 12.1 Å². The van der Waals surface area contributed by atoms with E-state index in [1.165, 1.54) is 0 Å². The SMILES string of the molecule is CC(=O)c1ccc[n+](Cc2ccc3c(c2)OCO3)c1. The topological polar surface area (TPSA) is 39.4 Å². The lowest BCUT2D eigenvalue weighted by molar-refractivity contribution is -0.688. The van der Waals surface area contributed by atoms with Crippen LogP contribution in [0, 0.1) is 0 Å². The van der Waals surface area contributed by atoms with Crippen molar-refractivity contribution in [3.8, 4) is 11.5 Å². The number of ether oxygens (including phenoxy) is 2. The van der Waals surface area contributed by atoms with Crippen LogP contribution < -0.4 is 14.0 Å². The van der Waals surface area contributed by atoms with E-state index in [2.05, 4.69) is 0 Å². The van der Waals surface area contributed by atoms with Crippen LogP contribution in [-0.2, 0) is 6.54 Å². The Labute approximate surface area is 111 Å². The molecule has 1 aliphatic heterocycles. The molecule has 0 aliphatic carbocycles. The second-order valence-corrected chi connectivity index (χ2v) is 4.51. The second kappa shape index (κ2) is 4.72. The summed E-state index contributed by atoms with van der Waals surface area (Å²) in [6, 6.07) is 9.58. The number of hydrogen-bond acceptors (Lipinski definition) is 3. The summed E-state index contributed by atoms with van der Waals surface area (Å²) in [7, 11) is 0. The van der Waals surface area contributed by atoms with Gasteiger partial charge in [-0.15, -0.1) is 0 Å². The van der Waals surface area contributed by atoms with Crippen LogP contribution in [0.15, 0.2) is 42.7 Å². The molecule has 3 rings (SSSR count). The second-order valence-electron chi connectivity index (χ2n) is 4.51. The number of aromatic nitrogens is 1. The van der Waals surface area contributed by atoms with Crippen molar-refractivity contribution in [2.45, 2.75) is 13.5 Å². The van der Waals surface area contributed by atoms with Gasteiger partial charge in [0.15, 0.2) is 36.2 Å². The maximum atomic E-state index is 11.4. The average Bonchev–Trinajstić information content (AvgIpc) is 2.86. The Morgan fingerprint density at radius 3 is 2.95 bits per heavy atom. The zero-order chi connectivity index (χ0) is 13.2. The summed E-state index contributed by atoms with van der Waals surface area (Å²) in [5, 5.41) is 0.